The Labute approximate surface area is 307 Å². The molecule has 53 heavy (non-hydrogen) atoms. The molecule has 0 saturated carbocycles. The lowest BCUT2D eigenvalue weighted by atomic mass is 10.1. The van der Waals surface area contributed by atoms with E-state index in [-0.39, 0.29) is 65.7 Å². The van der Waals surface area contributed by atoms with Crippen LogP contribution in [0.5, 0.6) is 11.5 Å². The van der Waals surface area contributed by atoms with Crippen molar-refractivity contribution in [2.24, 2.45) is 16.5 Å². The molecule has 0 spiro atoms. The average Bonchev–Trinajstić information content (AvgIpc) is 3.64. The first-order valence-electron chi connectivity index (χ1n) is 16.4. The number of hydrogen-bond donors (Lipinski definition) is 3. The Morgan fingerprint density at radius 2 is 1.77 bits per heavy atom. The van der Waals surface area contributed by atoms with Crippen LogP contribution in [-0.2, 0) is 22.5 Å². The van der Waals surface area contributed by atoms with E-state index in [0.29, 0.717) is 34.0 Å². The molecule has 282 valence electrons. The fraction of sp³-hybridized carbons (Fsp3) is 0.371. The van der Waals surface area contributed by atoms with E-state index in [1.54, 1.807) is 50.5 Å². The summed E-state index contributed by atoms with van der Waals surface area (Å²) in [6.07, 6.45) is 4.14. The Balaban J connectivity index is 1.63. The van der Waals surface area contributed by atoms with Gasteiger partial charge >= 0.3 is 11.9 Å². The summed E-state index contributed by atoms with van der Waals surface area (Å²) in [6, 6.07) is 5.41. The number of nitro benzene ring substituents is 1. The molecule has 2 heterocycles. The fourth-order valence-electron chi connectivity index (χ4n) is 5.13. The van der Waals surface area contributed by atoms with Gasteiger partial charge < -0.3 is 40.0 Å². The number of fused-ring (bicyclic) bond motifs is 1. The van der Waals surface area contributed by atoms with Gasteiger partial charge in [0.15, 0.2) is 16.4 Å². The number of nitrogens with zero attached hydrogens (tertiary/aromatic N) is 4. The summed E-state index contributed by atoms with van der Waals surface area (Å²) in [7, 11) is 1.43. The molecule has 2 aromatic heterocycles. The summed E-state index contributed by atoms with van der Waals surface area (Å²) < 4.78 is 24.5. The van der Waals surface area contributed by atoms with Crippen LogP contribution < -0.4 is 31.1 Å². The molecule has 0 saturated heterocycles. The second-order valence-electron chi connectivity index (χ2n) is 12.5. The van der Waals surface area contributed by atoms with Gasteiger partial charge in [-0.05, 0) is 51.8 Å². The first kappa shape index (κ1) is 39.7. The maximum absolute atomic E-state index is 13.3. The molecule has 0 bridgehead atoms. The molecule has 0 aliphatic rings. The van der Waals surface area contributed by atoms with E-state index in [2.05, 4.69) is 15.3 Å². The number of nitro groups is 1. The summed E-state index contributed by atoms with van der Waals surface area (Å²) in [5.41, 5.74) is 10.9. The monoisotopic (exact) mass is 751 g/mol. The van der Waals surface area contributed by atoms with Gasteiger partial charge in [-0.3, -0.25) is 29.3 Å². The van der Waals surface area contributed by atoms with Crippen molar-refractivity contribution in [2.75, 3.05) is 25.6 Å². The molecule has 3 amide bonds. The summed E-state index contributed by atoms with van der Waals surface area (Å²) in [5.74, 6) is -1.98. The molecular weight excluding hydrogens is 710 g/mol. The number of rotatable bonds is 16. The number of nitrogens with one attached hydrogen (secondary N) is 1. The third kappa shape index (κ3) is 10.1. The van der Waals surface area contributed by atoms with Crippen molar-refractivity contribution in [1.29, 1.82) is 0 Å². The Morgan fingerprint density at radius 3 is 2.40 bits per heavy atom. The van der Waals surface area contributed by atoms with Gasteiger partial charge in [-0.15, -0.1) is 0 Å². The smallest absolute Gasteiger partial charge is 0.317 e. The number of aromatic nitrogens is 2. The summed E-state index contributed by atoms with van der Waals surface area (Å²) in [6.45, 7) is 8.91. The molecule has 18 heteroatoms. The van der Waals surface area contributed by atoms with E-state index in [0.717, 1.165) is 17.4 Å². The van der Waals surface area contributed by atoms with Crippen LogP contribution in [-0.4, -0.2) is 64.0 Å². The normalized spacial score (nSPS) is 11.9. The van der Waals surface area contributed by atoms with Crippen molar-refractivity contribution in [1.82, 2.24) is 9.55 Å². The molecule has 4 rings (SSSR count). The number of carbonyl (C=O) groups excluding carboxylic acids is 4. The van der Waals surface area contributed by atoms with Crippen LogP contribution in [0.15, 0.2) is 45.8 Å². The number of carbonyl (C=O) groups is 4. The predicted molar refractivity (Wildman–Crippen MR) is 195 cm³/mol. The minimum Gasteiger partial charge on any atom is -0.494 e. The van der Waals surface area contributed by atoms with Crippen molar-refractivity contribution >= 4 is 56.6 Å². The Morgan fingerprint density at radius 1 is 1.09 bits per heavy atom. The van der Waals surface area contributed by atoms with Crippen LogP contribution in [0.1, 0.15) is 83.4 Å². The van der Waals surface area contributed by atoms with Gasteiger partial charge in [0.05, 0.1) is 29.0 Å². The highest BCUT2D eigenvalue weighted by Crippen LogP contribution is 2.36. The lowest BCUT2D eigenvalue weighted by molar-refractivity contribution is -0.384. The fourth-order valence-corrected chi connectivity index (χ4v) is 6.23. The lowest BCUT2D eigenvalue weighted by Crippen LogP contribution is -2.24. The van der Waals surface area contributed by atoms with Crippen LogP contribution in [0.2, 0.25) is 0 Å². The second-order valence-corrected chi connectivity index (χ2v) is 13.6. The minimum atomic E-state index is -0.888. The largest absolute Gasteiger partial charge is 0.494 e. The van der Waals surface area contributed by atoms with Crippen LogP contribution >= 0.6 is 11.3 Å². The van der Waals surface area contributed by atoms with Crippen molar-refractivity contribution in [3.8, 4) is 11.5 Å². The molecule has 0 radical (unpaired) electrons. The van der Waals surface area contributed by atoms with E-state index in [1.807, 2.05) is 6.92 Å². The van der Waals surface area contributed by atoms with Crippen molar-refractivity contribution in [2.45, 2.75) is 66.0 Å². The average molecular weight is 752 g/mol. The van der Waals surface area contributed by atoms with E-state index in [4.69, 9.17) is 30.1 Å². The van der Waals surface area contributed by atoms with Gasteiger partial charge in [-0.1, -0.05) is 30.4 Å². The zero-order valence-corrected chi connectivity index (χ0v) is 31.0. The Kier molecular flexibility index (Phi) is 12.7. The van der Waals surface area contributed by atoms with Crippen LogP contribution in [0.4, 0.5) is 11.4 Å². The summed E-state index contributed by atoms with van der Waals surface area (Å²) in [4.78, 5) is 69.7. The highest BCUT2D eigenvalue weighted by molar-refractivity contribution is 7.16. The molecule has 0 aliphatic heterocycles. The van der Waals surface area contributed by atoms with Crippen molar-refractivity contribution in [3.63, 3.8) is 0 Å². The molecule has 2 aromatic carbocycles. The van der Waals surface area contributed by atoms with Gasteiger partial charge in [-0.25, -0.2) is 4.98 Å². The number of amides is 3. The van der Waals surface area contributed by atoms with Gasteiger partial charge in [-0.2, -0.15) is 4.99 Å². The van der Waals surface area contributed by atoms with Crippen molar-refractivity contribution < 1.29 is 42.7 Å². The number of primary amides is 2. The molecule has 5 N–H and O–H groups in total. The van der Waals surface area contributed by atoms with Crippen molar-refractivity contribution in [3.05, 3.63) is 79.8 Å². The number of hydrogen-bond acceptors (Lipinski definition) is 13. The molecule has 0 aliphatic carbocycles. The zero-order valence-electron chi connectivity index (χ0n) is 30.1. The number of oxazole rings is 1. The summed E-state index contributed by atoms with van der Waals surface area (Å²) in [5, 5.41) is 15.0. The zero-order chi connectivity index (χ0) is 39.0. The number of esters is 1. The molecule has 0 fully saturated rings. The maximum Gasteiger partial charge on any atom is 0.317 e. The number of benzene rings is 2. The number of allylic oxidation sites excluding steroid dienone is 1. The quantitative estimate of drug-likeness (QED) is 0.0468. The van der Waals surface area contributed by atoms with Crippen LogP contribution in [0.3, 0.4) is 0 Å². The molecule has 17 nitrogen and oxygen atoms in total. The first-order chi connectivity index (χ1) is 25.0. The highest BCUT2D eigenvalue weighted by Gasteiger charge is 2.24. The summed E-state index contributed by atoms with van der Waals surface area (Å²) >= 11 is 1.13. The highest BCUT2D eigenvalue weighted by atomic mass is 32.1. The molecular formula is C35H41N7O10S. The number of methoxy groups -OCH3 is 1. The van der Waals surface area contributed by atoms with Gasteiger partial charge in [0.2, 0.25) is 17.6 Å². The predicted octanol–water partition coefficient (Wildman–Crippen LogP) is 4.59. The standard InChI is InChI=1S/C35H41N7O10S/c1-7-22-30(51-19(2)39-22)33(46)40-34-41(29-25(49-6)17-21(32(37)45)18-26(29)53-34)13-9-8-12-38-28-23(42(47)48)15-20(31(36)44)16-24(28)50-14-10-11-27(43)52-35(3,4)5/h8-9,15-18,38H,7,10-14H2,1-6H3,(H2,36,44)(H2,37,45)/b9-8+,40-34-. The number of thiazole rings is 1. The number of aryl methyl sites for hydroxylation is 2. The van der Waals surface area contributed by atoms with Crippen LogP contribution in [0, 0.1) is 17.0 Å². The third-order valence-electron chi connectivity index (χ3n) is 7.39. The van der Waals surface area contributed by atoms with Gasteiger partial charge in [0.25, 0.3) is 5.69 Å². The number of ether oxygens (including phenoxy) is 3. The Hall–Kier alpha value is -6.04. The maximum atomic E-state index is 13.3. The lowest BCUT2D eigenvalue weighted by Gasteiger charge is -2.19. The van der Waals surface area contributed by atoms with Crippen LogP contribution in [0.25, 0.3) is 10.2 Å². The second kappa shape index (κ2) is 17.0. The minimum absolute atomic E-state index is 0.00696. The topological polar surface area (TPSA) is 246 Å². The number of nitrogens with two attached hydrogens (primary N) is 2. The van der Waals surface area contributed by atoms with E-state index < -0.39 is 39.9 Å². The van der Waals surface area contributed by atoms with E-state index in [1.165, 1.54) is 19.2 Å². The molecule has 0 atom stereocenters. The first-order valence-corrected chi connectivity index (χ1v) is 17.3. The van der Waals surface area contributed by atoms with E-state index >= 15 is 0 Å². The molecule has 0 unspecified atom stereocenters. The van der Waals surface area contributed by atoms with Gasteiger partial charge in [0, 0.05) is 43.6 Å². The molecule has 4 aromatic rings. The Bertz CT molecular complexity index is 2160. The third-order valence-corrected chi connectivity index (χ3v) is 8.42. The van der Waals surface area contributed by atoms with E-state index in [9.17, 15) is 29.3 Å². The number of anilines is 1. The SMILES string of the molecule is CCc1nc(C)oc1C(=O)/N=c1\sc2cc(C(N)=O)cc(OC)c2n1C/C=C/CNc1c(OCCCC(=O)OC(C)(C)C)cc(C(N)=O)cc1[N+](=O)[O-]. The van der Waals surface area contributed by atoms with Gasteiger partial charge in [0.1, 0.15) is 22.6 Å².